The second kappa shape index (κ2) is 5.62. The second-order valence-corrected chi connectivity index (χ2v) is 2.85. The summed E-state index contributed by atoms with van der Waals surface area (Å²) in [5.41, 5.74) is 1.25. The molecule has 0 aliphatic heterocycles. The molecule has 0 heterocycles. The van der Waals surface area contributed by atoms with Gasteiger partial charge < -0.3 is 14.7 Å². The van der Waals surface area contributed by atoms with Gasteiger partial charge >= 0.3 is 7.82 Å². The van der Waals surface area contributed by atoms with Crippen LogP contribution in [0.4, 0.5) is 0 Å². The zero-order chi connectivity index (χ0) is 8.78. The third kappa shape index (κ3) is 108. The minimum atomic E-state index is -4.64. The molecule has 0 atom stereocenters. The van der Waals surface area contributed by atoms with Gasteiger partial charge in [-0.2, -0.15) is 0 Å². The van der Waals surface area contributed by atoms with Crippen LogP contribution in [-0.2, 0) is 4.57 Å². The molecule has 62 valence electrons. The molecule has 10 heavy (non-hydrogen) atoms. The van der Waals surface area contributed by atoms with Crippen LogP contribution in [0.25, 0.3) is 0 Å². The molecular weight excluding hydrogens is 155 g/mol. The second-order valence-electron chi connectivity index (χ2n) is 1.82. The first-order chi connectivity index (χ1) is 4.27. The molecule has 0 aromatic carbocycles. The molecule has 0 spiro atoms. The number of allylic oxidation sites excluding steroid dienone is 1. The van der Waals surface area contributed by atoms with E-state index >= 15 is 0 Å². The zero-order valence-corrected chi connectivity index (χ0v) is 7.01. The van der Waals surface area contributed by atoms with E-state index in [4.69, 9.17) is 19.2 Å². The van der Waals surface area contributed by atoms with Crippen LogP contribution in [0.1, 0.15) is 20.3 Å². The van der Waals surface area contributed by atoms with Gasteiger partial charge in [-0.1, -0.05) is 12.5 Å². The van der Waals surface area contributed by atoms with Gasteiger partial charge in [0.25, 0.3) is 0 Å². The Balaban J connectivity index is 0. The number of hydrogen-bond acceptors (Lipinski definition) is 1. The Kier molecular flexibility index (Phi) is 7.04. The van der Waals surface area contributed by atoms with Crippen molar-refractivity contribution in [2.45, 2.75) is 20.3 Å². The molecule has 0 saturated heterocycles. The molecule has 4 nitrogen and oxygen atoms in total. The Morgan fingerprint density at radius 3 is 1.60 bits per heavy atom. The minimum absolute atomic E-state index is 1.11. The van der Waals surface area contributed by atoms with E-state index in [1.54, 1.807) is 0 Å². The van der Waals surface area contributed by atoms with Gasteiger partial charge in [0.05, 0.1) is 0 Å². The summed E-state index contributed by atoms with van der Waals surface area (Å²) in [5.74, 6) is 0. The van der Waals surface area contributed by atoms with Crippen molar-refractivity contribution in [1.82, 2.24) is 0 Å². The molecule has 0 amide bonds. The molecule has 0 aromatic heterocycles. The van der Waals surface area contributed by atoms with Crippen LogP contribution in [0.2, 0.25) is 0 Å². The molecule has 3 N–H and O–H groups in total. The molecule has 0 fully saturated rings. The van der Waals surface area contributed by atoms with Crippen molar-refractivity contribution in [3.8, 4) is 0 Å². The Morgan fingerprint density at radius 2 is 1.60 bits per heavy atom. The first-order valence-electron chi connectivity index (χ1n) is 2.70. The molecule has 0 unspecified atom stereocenters. The largest absolute Gasteiger partial charge is 0.466 e. The van der Waals surface area contributed by atoms with Crippen LogP contribution in [0.5, 0.6) is 0 Å². The van der Waals surface area contributed by atoms with Crippen LogP contribution in [0, 0.1) is 0 Å². The Morgan fingerprint density at radius 1 is 1.50 bits per heavy atom. The zero-order valence-electron chi connectivity index (χ0n) is 6.11. The highest BCUT2D eigenvalue weighted by Gasteiger charge is 2.00. The molecular formula is C5H13O4P. The van der Waals surface area contributed by atoms with Crippen molar-refractivity contribution in [3.05, 3.63) is 12.2 Å². The lowest BCUT2D eigenvalue weighted by Crippen LogP contribution is -1.66. The lowest BCUT2D eigenvalue weighted by Gasteiger charge is -1.82. The van der Waals surface area contributed by atoms with Crippen LogP contribution in [0.15, 0.2) is 12.2 Å². The van der Waals surface area contributed by atoms with Crippen molar-refractivity contribution >= 4 is 7.82 Å². The van der Waals surface area contributed by atoms with Crippen LogP contribution in [-0.4, -0.2) is 14.7 Å². The first kappa shape index (κ1) is 12.5. The van der Waals surface area contributed by atoms with Crippen molar-refractivity contribution < 1.29 is 19.2 Å². The molecule has 0 aromatic rings. The van der Waals surface area contributed by atoms with Crippen LogP contribution in [0.3, 0.4) is 0 Å². The van der Waals surface area contributed by atoms with Crippen molar-refractivity contribution in [2.75, 3.05) is 0 Å². The highest BCUT2D eigenvalue weighted by atomic mass is 31.2. The average Bonchev–Trinajstić information content (AvgIpc) is 1.61. The quantitative estimate of drug-likeness (QED) is 0.404. The van der Waals surface area contributed by atoms with Gasteiger partial charge in [0.15, 0.2) is 0 Å². The lowest BCUT2D eigenvalue weighted by molar-refractivity contribution is 0.275. The van der Waals surface area contributed by atoms with E-state index in [1.807, 2.05) is 6.92 Å². The summed E-state index contributed by atoms with van der Waals surface area (Å²) in [6.07, 6.45) is 1.11. The fourth-order valence-corrected chi connectivity index (χ4v) is 0. The monoisotopic (exact) mass is 168 g/mol. The molecule has 5 heteroatoms. The molecule has 0 aliphatic rings. The van der Waals surface area contributed by atoms with Gasteiger partial charge in [0.2, 0.25) is 0 Å². The summed E-state index contributed by atoms with van der Waals surface area (Å²) in [4.78, 5) is 21.6. The highest BCUT2D eigenvalue weighted by molar-refractivity contribution is 7.45. The Labute approximate surface area is 60.4 Å². The van der Waals surface area contributed by atoms with E-state index in [2.05, 4.69) is 13.5 Å². The SMILES string of the molecule is C=C(C)CC.O=P(O)(O)O. The summed E-state index contributed by atoms with van der Waals surface area (Å²) >= 11 is 0. The van der Waals surface area contributed by atoms with Gasteiger partial charge in [-0.25, -0.2) is 4.57 Å². The Bertz CT molecular complexity index is 128. The first-order valence-corrected chi connectivity index (χ1v) is 4.26. The van der Waals surface area contributed by atoms with Crippen molar-refractivity contribution in [3.63, 3.8) is 0 Å². The Hall–Kier alpha value is -0.150. The summed E-state index contributed by atoms with van der Waals surface area (Å²) in [6.45, 7) is 7.80. The van der Waals surface area contributed by atoms with Gasteiger partial charge in [-0.3, -0.25) is 0 Å². The summed E-state index contributed by atoms with van der Waals surface area (Å²) in [5, 5.41) is 0. The van der Waals surface area contributed by atoms with Gasteiger partial charge in [0.1, 0.15) is 0 Å². The van der Waals surface area contributed by atoms with E-state index in [0.717, 1.165) is 6.42 Å². The van der Waals surface area contributed by atoms with Crippen molar-refractivity contribution in [2.24, 2.45) is 0 Å². The molecule has 0 bridgehead atoms. The fourth-order valence-electron chi connectivity index (χ4n) is 0. The minimum Gasteiger partial charge on any atom is -0.303 e. The van der Waals surface area contributed by atoms with Gasteiger partial charge in [-0.05, 0) is 13.3 Å². The van der Waals surface area contributed by atoms with E-state index in [-0.39, 0.29) is 0 Å². The number of rotatable bonds is 1. The van der Waals surface area contributed by atoms with Gasteiger partial charge in [-0.15, -0.1) is 6.58 Å². The molecule has 0 radical (unpaired) electrons. The maximum absolute atomic E-state index is 8.88. The predicted octanol–water partition coefficient (Wildman–Crippen LogP) is 1.04. The van der Waals surface area contributed by atoms with E-state index in [1.165, 1.54) is 5.57 Å². The third-order valence-corrected chi connectivity index (χ3v) is 0.604. The predicted molar refractivity (Wildman–Crippen MR) is 39.4 cm³/mol. The van der Waals surface area contributed by atoms with E-state index < -0.39 is 7.82 Å². The number of hydrogen-bond donors (Lipinski definition) is 3. The van der Waals surface area contributed by atoms with Gasteiger partial charge in [0, 0.05) is 0 Å². The van der Waals surface area contributed by atoms with Crippen LogP contribution < -0.4 is 0 Å². The molecule has 0 aliphatic carbocycles. The average molecular weight is 168 g/mol. The smallest absolute Gasteiger partial charge is 0.303 e. The van der Waals surface area contributed by atoms with E-state index in [9.17, 15) is 0 Å². The fraction of sp³-hybridized carbons (Fsp3) is 0.600. The highest BCUT2D eigenvalue weighted by Crippen LogP contribution is 2.25. The molecule has 0 saturated carbocycles. The standard InChI is InChI=1S/C5H10.H3O4P/c1-4-5(2)3;1-5(2,3)4/h2,4H2,1,3H3;(H3,1,2,3,4). The topological polar surface area (TPSA) is 77.8 Å². The van der Waals surface area contributed by atoms with Crippen LogP contribution >= 0.6 is 7.82 Å². The lowest BCUT2D eigenvalue weighted by atomic mass is 10.3. The van der Waals surface area contributed by atoms with Crippen molar-refractivity contribution in [1.29, 1.82) is 0 Å². The maximum atomic E-state index is 8.88. The summed E-state index contributed by atoms with van der Waals surface area (Å²) in [6, 6.07) is 0. The third-order valence-electron chi connectivity index (χ3n) is 0.604. The maximum Gasteiger partial charge on any atom is 0.466 e. The summed E-state index contributed by atoms with van der Waals surface area (Å²) in [7, 11) is -4.64. The van der Waals surface area contributed by atoms with E-state index in [0.29, 0.717) is 0 Å². The normalized spacial score (nSPS) is 9.70. The molecule has 0 rings (SSSR count). The summed E-state index contributed by atoms with van der Waals surface area (Å²) < 4.78 is 8.88. The number of phosphoric acid groups is 1.